The Balaban J connectivity index is 1.50. The zero-order chi connectivity index (χ0) is 23.0. The van der Waals surface area contributed by atoms with Gasteiger partial charge in [-0.05, 0) is 39.0 Å². The van der Waals surface area contributed by atoms with Crippen LogP contribution in [0.4, 0.5) is 0 Å². The molecule has 8 nitrogen and oxygen atoms in total. The fraction of sp³-hybridized carbons (Fsp3) is 0.364. The van der Waals surface area contributed by atoms with Crippen LogP contribution in [0, 0.1) is 6.92 Å². The van der Waals surface area contributed by atoms with E-state index in [-0.39, 0.29) is 11.9 Å². The molecule has 0 saturated carbocycles. The first-order valence-electron chi connectivity index (χ1n) is 10.4. The lowest BCUT2D eigenvalue weighted by molar-refractivity contribution is -0.147. The van der Waals surface area contributed by atoms with Crippen molar-refractivity contribution in [3.05, 3.63) is 45.9 Å². The second-order valence-electron chi connectivity index (χ2n) is 7.99. The second kappa shape index (κ2) is 8.91. The molecule has 0 unspecified atom stereocenters. The minimum Gasteiger partial charge on any atom is -0.346 e. The number of piperazine rings is 1. The van der Waals surface area contributed by atoms with Crippen LogP contribution in [-0.4, -0.2) is 69.5 Å². The number of amides is 3. The van der Waals surface area contributed by atoms with Gasteiger partial charge in [0, 0.05) is 37.6 Å². The maximum Gasteiger partial charge on any atom is 0.312 e. The Hall–Kier alpha value is -2.91. The summed E-state index contributed by atoms with van der Waals surface area (Å²) in [5.74, 6) is -1.25. The topological polar surface area (TPSA) is 87.5 Å². The number of nitrogens with zero attached hydrogens (tertiary/aromatic N) is 4. The molecule has 32 heavy (non-hydrogen) atoms. The fourth-order valence-electron chi connectivity index (χ4n) is 3.68. The van der Waals surface area contributed by atoms with Gasteiger partial charge in [-0.1, -0.05) is 23.7 Å². The van der Waals surface area contributed by atoms with Crippen molar-refractivity contribution in [2.45, 2.75) is 26.8 Å². The van der Waals surface area contributed by atoms with Crippen LogP contribution in [0.3, 0.4) is 0 Å². The molecule has 3 heterocycles. The second-order valence-corrected chi connectivity index (χ2v) is 9.43. The number of thiophene rings is 1. The third-order valence-corrected chi connectivity index (χ3v) is 6.72. The summed E-state index contributed by atoms with van der Waals surface area (Å²) in [4.78, 5) is 42.1. The fourth-order valence-corrected chi connectivity index (χ4v) is 5.03. The Morgan fingerprint density at radius 2 is 1.75 bits per heavy atom. The molecule has 168 valence electrons. The van der Waals surface area contributed by atoms with Crippen molar-refractivity contribution in [2.75, 3.05) is 26.2 Å². The average molecular weight is 474 g/mol. The monoisotopic (exact) mass is 473 g/mol. The summed E-state index contributed by atoms with van der Waals surface area (Å²) in [6.07, 6.45) is 0. The Morgan fingerprint density at radius 3 is 2.41 bits per heavy atom. The molecule has 1 aromatic carbocycles. The molecule has 4 rings (SSSR count). The lowest BCUT2D eigenvalue weighted by Crippen LogP contribution is -2.54. The highest BCUT2D eigenvalue weighted by Crippen LogP contribution is 2.33. The van der Waals surface area contributed by atoms with Crippen LogP contribution in [0.25, 0.3) is 15.9 Å². The van der Waals surface area contributed by atoms with Gasteiger partial charge in [-0.3, -0.25) is 14.4 Å². The molecule has 0 radical (unpaired) electrons. The molecule has 1 N–H and O–H groups in total. The Labute approximate surface area is 194 Å². The van der Waals surface area contributed by atoms with Gasteiger partial charge in [0.1, 0.15) is 4.83 Å². The summed E-state index contributed by atoms with van der Waals surface area (Å²) in [5.41, 5.74) is 1.58. The van der Waals surface area contributed by atoms with E-state index in [9.17, 15) is 14.4 Å². The molecule has 10 heteroatoms. The Morgan fingerprint density at radius 1 is 1.09 bits per heavy atom. The van der Waals surface area contributed by atoms with Gasteiger partial charge in [0.05, 0.1) is 21.3 Å². The number of hydrogen-bond acceptors (Lipinski definition) is 5. The average Bonchev–Trinajstić information content (AvgIpc) is 3.33. The number of carbonyl (C=O) groups excluding carboxylic acids is 3. The summed E-state index contributed by atoms with van der Waals surface area (Å²) in [6, 6.07) is 9.22. The third kappa shape index (κ3) is 4.22. The van der Waals surface area contributed by atoms with E-state index in [1.54, 1.807) is 23.4 Å². The zero-order valence-corrected chi connectivity index (χ0v) is 19.7. The highest BCUT2D eigenvalue weighted by molar-refractivity contribution is 7.20. The molecule has 3 amide bonds. The number of carbonyl (C=O) groups is 3. The maximum atomic E-state index is 13.1. The SMILES string of the molecule is Cc1nn(-c2ccccc2Cl)c2sc(C(=O)N3CCN(C(=O)C(=O)NC(C)C)CC3)cc12. The van der Waals surface area contributed by atoms with Crippen LogP contribution in [0.1, 0.15) is 29.2 Å². The van der Waals surface area contributed by atoms with E-state index in [2.05, 4.69) is 10.4 Å². The predicted octanol–water partition coefficient (Wildman–Crippen LogP) is 2.86. The number of aryl methyl sites for hydroxylation is 1. The molecule has 3 aromatic rings. The van der Waals surface area contributed by atoms with Crippen molar-refractivity contribution >= 4 is 50.9 Å². The van der Waals surface area contributed by atoms with Crippen molar-refractivity contribution in [2.24, 2.45) is 0 Å². The van der Waals surface area contributed by atoms with E-state index in [0.29, 0.717) is 36.1 Å². The number of hydrogen-bond donors (Lipinski definition) is 1. The standard InChI is InChI=1S/C22H24ClN5O3S/c1-13(2)24-19(29)21(31)27-10-8-26(9-11-27)20(30)18-12-15-14(3)25-28(22(15)32-18)17-7-5-4-6-16(17)23/h4-7,12-13H,8-11H2,1-3H3,(H,24,29). The highest BCUT2D eigenvalue weighted by Gasteiger charge is 2.29. The van der Waals surface area contributed by atoms with Gasteiger partial charge in [-0.15, -0.1) is 11.3 Å². The quantitative estimate of drug-likeness (QED) is 0.592. The zero-order valence-electron chi connectivity index (χ0n) is 18.1. The van der Waals surface area contributed by atoms with E-state index >= 15 is 0 Å². The van der Waals surface area contributed by atoms with E-state index in [1.807, 2.05) is 37.3 Å². The van der Waals surface area contributed by atoms with Gasteiger partial charge in [0.2, 0.25) is 0 Å². The highest BCUT2D eigenvalue weighted by atomic mass is 35.5. The van der Waals surface area contributed by atoms with E-state index in [0.717, 1.165) is 21.6 Å². The molecule has 0 bridgehead atoms. The minimum atomic E-state index is -0.608. The van der Waals surface area contributed by atoms with Gasteiger partial charge in [0.25, 0.3) is 5.91 Å². The molecule has 1 aliphatic heterocycles. The first kappa shape index (κ1) is 22.3. The number of para-hydroxylation sites is 1. The van der Waals surface area contributed by atoms with Gasteiger partial charge in [-0.2, -0.15) is 5.10 Å². The van der Waals surface area contributed by atoms with Crippen LogP contribution in [0.2, 0.25) is 5.02 Å². The van der Waals surface area contributed by atoms with Gasteiger partial charge < -0.3 is 15.1 Å². The summed E-state index contributed by atoms with van der Waals surface area (Å²) in [5, 5.41) is 8.71. The van der Waals surface area contributed by atoms with E-state index < -0.39 is 11.8 Å². The molecule has 1 fully saturated rings. The van der Waals surface area contributed by atoms with Gasteiger partial charge in [0.15, 0.2) is 0 Å². The van der Waals surface area contributed by atoms with Crippen LogP contribution in [0.5, 0.6) is 0 Å². The van der Waals surface area contributed by atoms with Crippen LogP contribution >= 0.6 is 22.9 Å². The number of halogens is 1. The van der Waals surface area contributed by atoms with Crippen LogP contribution in [0.15, 0.2) is 30.3 Å². The molecule has 0 aliphatic carbocycles. The molecule has 1 saturated heterocycles. The lowest BCUT2D eigenvalue weighted by atomic mass is 10.2. The first-order chi connectivity index (χ1) is 15.3. The molecule has 1 aliphatic rings. The van der Waals surface area contributed by atoms with E-state index in [1.165, 1.54) is 16.2 Å². The molecular weight excluding hydrogens is 450 g/mol. The molecular formula is C22H24ClN5O3S. The van der Waals surface area contributed by atoms with Crippen molar-refractivity contribution < 1.29 is 14.4 Å². The predicted molar refractivity (Wildman–Crippen MR) is 124 cm³/mol. The minimum absolute atomic E-state index is 0.0879. The van der Waals surface area contributed by atoms with E-state index in [4.69, 9.17) is 11.6 Å². The Kier molecular flexibility index (Phi) is 6.21. The Bertz CT molecular complexity index is 1190. The van der Waals surface area contributed by atoms with Crippen LogP contribution < -0.4 is 5.32 Å². The number of nitrogens with one attached hydrogen (secondary N) is 1. The van der Waals surface area contributed by atoms with Crippen molar-refractivity contribution in [1.29, 1.82) is 0 Å². The summed E-state index contributed by atoms with van der Waals surface area (Å²) >= 11 is 7.73. The third-order valence-electron chi connectivity index (χ3n) is 5.30. The number of benzene rings is 1. The van der Waals surface area contributed by atoms with Crippen LogP contribution in [-0.2, 0) is 9.59 Å². The normalized spacial score (nSPS) is 14.3. The molecule has 2 aromatic heterocycles. The number of aromatic nitrogens is 2. The maximum absolute atomic E-state index is 13.1. The summed E-state index contributed by atoms with van der Waals surface area (Å²) < 4.78 is 1.78. The van der Waals surface area contributed by atoms with Crippen molar-refractivity contribution in [1.82, 2.24) is 24.9 Å². The lowest BCUT2D eigenvalue weighted by Gasteiger charge is -2.34. The first-order valence-corrected chi connectivity index (χ1v) is 11.6. The van der Waals surface area contributed by atoms with Crippen molar-refractivity contribution in [3.8, 4) is 5.69 Å². The smallest absolute Gasteiger partial charge is 0.312 e. The van der Waals surface area contributed by atoms with Gasteiger partial charge in [-0.25, -0.2) is 4.68 Å². The largest absolute Gasteiger partial charge is 0.346 e. The number of fused-ring (bicyclic) bond motifs is 1. The van der Waals surface area contributed by atoms with Gasteiger partial charge >= 0.3 is 11.8 Å². The summed E-state index contributed by atoms with van der Waals surface area (Å²) in [6.45, 7) is 6.93. The van der Waals surface area contributed by atoms with Crippen molar-refractivity contribution in [3.63, 3.8) is 0 Å². The summed E-state index contributed by atoms with van der Waals surface area (Å²) in [7, 11) is 0. The molecule has 0 spiro atoms. The number of rotatable bonds is 3. The molecule has 0 atom stereocenters.